The summed E-state index contributed by atoms with van der Waals surface area (Å²) in [5.74, 6) is -0.617. The maximum atomic E-state index is 12.3. The summed E-state index contributed by atoms with van der Waals surface area (Å²) in [6, 6.07) is 9.92. The largest absolute Gasteiger partial charge is 0.312 e. The van der Waals surface area contributed by atoms with Crippen molar-refractivity contribution in [1.82, 2.24) is 5.43 Å². The van der Waals surface area contributed by atoms with Crippen LogP contribution in [-0.2, 0) is 16.0 Å². The summed E-state index contributed by atoms with van der Waals surface area (Å²) in [4.78, 5) is 27.2. The first-order valence-corrected chi connectivity index (χ1v) is 9.22. The van der Waals surface area contributed by atoms with E-state index in [1.165, 1.54) is 5.56 Å². The van der Waals surface area contributed by atoms with Gasteiger partial charge in [-0.1, -0.05) is 19.1 Å². The molecular formula is C19H21N3O2S. The van der Waals surface area contributed by atoms with E-state index in [1.54, 1.807) is 22.5 Å². The summed E-state index contributed by atoms with van der Waals surface area (Å²) in [6.45, 7) is 4.48. The normalized spacial score (nSPS) is 17.4. The Bertz CT molecular complexity index is 795. The second-order valence-electron chi connectivity index (χ2n) is 6.13. The highest BCUT2D eigenvalue weighted by molar-refractivity contribution is 7.11. The van der Waals surface area contributed by atoms with Crippen LogP contribution in [0.25, 0.3) is 0 Å². The minimum absolute atomic E-state index is 0.0255. The molecule has 1 aromatic heterocycles. The van der Waals surface area contributed by atoms with Gasteiger partial charge in [-0.3, -0.25) is 9.59 Å². The second kappa shape index (κ2) is 7.61. The minimum atomic E-state index is -0.375. The van der Waals surface area contributed by atoms with Gasteiger partial charge in [0.2, 0.25) is 11.8 Å². The van der Waals surface area contributed by atoms with Crippen LogP contribution in [0.3, 0.4) is 0 Å². The molecule has 0 saturated carbocycles. The standard InChI is InChI=1S/C19H21N3O2S/c1-3-14-4-6-16(7-5-14)22-12-15(10-18(22)23)19(24)21-20-11-17-13(2)8-9-25-17/h4-9,11,15H,3,10,12H2,1-2H3,(H,21,24)/b20-11+. The first-order valence-electron chi connectivity index (χ1n) is 8.34. The van der Waals surface area contributed by atoms with Gasteiger partial charge < -0.3 is 4.90 Å². The molecule has 6 heteroatoms. The summed E-state index contributed by atoms with van der Waals surface area (Å²) in [7, 11) is 0. The maximum Gasteiger partial charge on any atom is 0.245 e. The van der Waals surface area contributed by atoms with Gasteiger partial charge in [0.25, 0.3) is 0 Å². The van der Waals surface area contributed by atoms with Crippen molar-refractivity contribution in [3.8, 4) is 0 Å². The Hall–Kier alpha value is -2.47. The fraction of sp³-hybridized carbons (Fsp3) is 0.316. The SMILES string of the molecule is CCc1ccc(N2CC(C(=O)N/N=C/c3sccc3C)CC2=O)cc1. The van der Waals surface area contributed by atoms with E-state index in [-0.39, 0.29) is 24.2 Å². The molecule has 1 saturated heterocycles. The summed E-state index contributed by atoms with van der Waals surface area (Å²) in [6.07, 6.45) is 2.83. The van der Waals surface area contributed by atoms with Crippen LogP contribution < -0.4 is 10.3 Å². The molecule has 1 aliphatic heterocycles. The van der Waals surface area contributed by atoms with E-state index in [1.807, 2.05) is 42.6 Å². The Morgan fingerprint density at radius 1 is 1.36 bits per heavy atom. The Kier molecular flexibility index (Phi) is 5.28. The van der Waals surface area contributed by atoms with Crippen LogP contribution >= 0.6 is 11.3 Å². The first kappa shape index (κ1) is 17.4. The second-order valence-corrected chi connectivity index (χ2v) is 7.08. The Balaban J connectivity index is 1.60. The Morgan fingerprint density at radius 3 is 2.76 bits per heavy atom. The van der Waals surface area contributed by atoms with Gasteiger partial charge in [0, 0.05) is 23.5 Å². The van der Waals surface area contributed by atoms with E-state index < -0.39 is 0 Å². The molecule has 0 aliphatic carbocycles. The lowest BCUT2D eigenvalue weighted by atomic mass is 10.1. The van der Waals surface area contributed by atoms with E-state index in [9.17, 15) is 9.59 Å². The van der Waals surface area contributed by atoms with E-state index >= 15 is 0 Å². The molecule has 0 spiro atoms. The topological polar surface area (TPSA) is 61.8 Å². The van der Waals surface area contributed by atoms with Gasteiger partial charge in [-0.2, -0.15) is 5.10 Å². The van der Waals surface area contributed by atoms with Gasteiger partial charge >= 0.3 is 0 Å². The van der Waals surface area contributed by atoms with Crippen molar-refractivity contribution in [2.45, 2.75) is 26.7 Å². The molecule has 25 heavy (non-hydrogen) atoms. The average molecular weight is 355 g/mol. The highest BCUT2D eigenvalue weighted by atomic mass is 32.1. The number of aryl methyl sites for hydroxylation is 2. The lowest BCUT2D eigenvalue weighted by Gasteiger charge is -2.16. The zero-order valence-corrected chi connectivity index (χ0v) is 15.2. The van der Waals surface area contributed by atoms with Crippen LogP contribution in [0, 0.1) is 12.8 Å². The van der Waals surface area contributed by atoms with Crippen molar-refractivity contribution in [3.63, 3.8) is 0 Å². The van der Waals surface area contributed by atoms with E-state index in [0.29, 0.717) is 6.54 Å². The van der Waals surface area contributed by atoms with Crippen molar-refractivity contribution in [2.24, 2.45) is 11.0 Å². The molecule has 5 nitrogen and oxygen atoms in total. The van der Waals surface area contributed by atoms with Gasteiger partial charge in [-0.25, -0.2) is 5.43 Å². The molecule has 2 heterocycles. The van der Waals surface area contributed by atoms with Crippen LogP contribution in [0.4, 0.5) is 5.69 Å². The molecule has 0 bridgehead atoms. The average Bonchev–Trinajstić information content (AvgIpc) is 3.21. The van der Waals surface area contributed by atoms with Crippen LogP contribution in [0.5, 0.6) is 0 Å². The van der Waals surface area contributed by atoms with Gasteiger partial charge in [-0.05, 0) is 48.1 Å². The number of hydrogen-bond acceptors (Lipinski definition) is 4. The van der Waals surface area contributed by atoms with Gasteiger partial charge in [0.1, 0.15) is 0 Å². The fourth-order valence-electron chi connectivity index (χ4n) is 2.81. The predicted octanol–water partition coefficient (Wildman–Crippen LogP) is 3.12. The number of rotatable bonds is 5. The molecule has 1 aromatic carbocycles. The fourth-order valence-corrected chi connectivity index (χ4v) is 3.59. The molecule has 1 unspecified atom stereocenters. The molecule has 0 radical (unpaired) electrons. The molecule has 3 rings (SSSR count). The first-order chi connectivity index (χ1) is 12.1. The summed E-state index contributed by atoms with van der Waals surface area (Å²) in [5, 5.41) is 6.00. The third kappa shape index (κ3) is 3.96. The maximum absolute atomic E-state index is 12.3. The molecule has 2 aromatic rings. The highest BCUT2D eigenvalue weighted by Gasteiger charge is 2.35. The Labute approximate surface area is 151 Å². The smallest absolute Gasteiger partial charge is 0.245 e. The van der Waals surface area contributed by atoms with Crippen LogP contribution in [-0.4, -0.2) is 24.6 Å². The number of carbonyl (C=O) groups excluding carboxylic acids is 2. The number of hydrazone groups is 1. The highest BCUT2D eigenvalue weighted by Crippen LogP contribution is 2.25. The third-order valence-electron chi connectivity index (χ3n) is 4.41. The zero-order valence-electron chi connectivity index (χ0n) is 14.4. The minimum Gasteiger partial charge on any atom is -0.312 e. The molecule has 2 amide bonds. The van der Waals surface area contributed by atoms with Crippen molar-refractivity contribution in [2.75, 3.05) is 11.4 Å². The molecular weight excluding hydrogens is 334 g/mol. The number of benzene rings is 1. The van der Waals surface area contributed by atoms with Gasteiger partial charge in [0.15, 0.2) is 0 Å². The predicted molar refractivity (Wildman–Crippen MR) is 101 cm³/mol. The molecule has 130 valence electrons. The molecule has 1 aliphatic rings. The number of hydrogen-bond donors (Lipinski definition) is 1. The van der Waals surface area contributed by atoms with Crippen LogP contribution in [0.2, 0.25) is 0 Å². The number of nitrogens with one attached hydrogen (secondary N) is 1. The third-order valence-corrected chi connectivity index (χ3v) is 5.36. The molecule has 1 fully saturated rings. The van der Waals surface area contributed by atoms with Crippen molar-refractivity contribution >= 4 is 35.1 Å². The van der Waals surface area contributed by atoms with Crippen LogP contribution in [0.1, 0.15) is 29.3 Å². The van der Waals surface area contributed by atoms with Gasteiger partial charge in [-0.15, -0.1) is 11.3 Å². The van der Waals surface area contributed by atoms with E-state index in [4.69, 9.17) is 0 Å². The number of thiophene rings is 1. The lowest BCUT2D eigenvalue weighted by molar-refractivity contribution is -0.126. The van der Waals surface area contributed by atoms with Crippen molar-refractivity contribution in [3.05, 3.63) is 51.7 Å². The van der Waals surface area contributed by atoms with E-state index in [2.05, 4.69) is 17.5 Å². The van der Waals surface area contributed by atoms with Crippen molar-refractivity contribution in [1.29, 1.82) is 0 Å². The number of amides is 2. The lowest BCUT2D eigenvalue weighted by Crippen LogP contribution is -2.30. The number of carbonyl (C=O) groups is 2. The Morgan fingerprint density at radius 2 is 2.12 bits per heavy atom. The summed E-state index contributed by atoms with van der Waals surface area (Å²) < 4.78 is 0. The molecule has 1 atom stereocenters. The van der Waals surface area contributed by atoms with Crippen LogP contribution in [0.15, 0.2) is 40.8 Å². The number of anilines is 1. The molecule has 1 N–H and O–H groups in total. The monoisotopic (exact) mass is 355 g/mol. The summed E-state index contributed by atoms with van der Waals surface area (Å²) >= 11 is 1.57. The zero-order chi connectivity index (χ0) is 17.8. The summed E-state index contributed by atoms with van der Waals surface area (Å²) in [5.41, 5.74) is 5.75. The number of nitrogens with zero attached hydrogens (tertiary/aromatic N) is 2. The van der Waals surface area contributed by atoms with Crippen molar-refractivity contribution < 1.29 is 9.59 Å². The quantitative estimate of drug-likeness (QED) is 0.662. The van der Waals surface area contributed by atoms with E-state index in [0.717, 1.165) is 22.5 Å². The van der Waals surface area contributed by atoms with Gasteiger partial charge in [0.05, 0.1) is 12.1 Å².